The normalized spacial score (nSPS) is 10.6. The number of benzene rings is 2. The average molecular weight is 310 g/mol. The molecule has 0 aliphatic carbocycles. The van der Waals surface area contributed by atoms with E-state index in [-0.39, 0.29) is 0 Å². The predicted molar refractivity (Wildman–Crippen MR) is 84.9 cm³/mol. The summed E-state index contributed by atoms with van der Waals surface area (Å²) in [6, 6.07) is 13.7. The quantitative estimate of drug-likeness (QED) is 0.857. The van der Waals surface area contributed by atoms with Crippen LogP contribution < -0.4 is 10.1 Å². The van der Waals surface area contributed by atoms with Crippen molar-refractivity contribution >= 4 is 23.2 Å². The second-order valence-corrected chi connectivity index (χ2v) is 5.35. The fourth-order valence-corrected chi connectivity index (χ4v) is 2.09. The number of nitrogens with one attached hydrogen (secondary N) is 1. The molecule has 106 valence electrons. The van der Waals surface area contributed by atoms with Crippen LogP contribution in [0.15, 0.2) is 42.5 Å². The van der Waals surface area contributed by atoms with E-state index in [2.05, 4.69) is 29.6 Å². The second kappa shape index (κ2) is 7.53. The maximum absolute atomic E-state index is 5.95. The first kappa shape index (κ1) is 15.2. The molecule has 0 atom stereocenters. The first-order valence-corrected chi connectivity index (χ1v) is 7.25. The van der Waals surface area contributed by atoms with Gasteiger partial charge in [0.1, 0.15) is 12.4 Å². The van der Waals surface area contributed by atoms with Gasteiger partial charge in [-0.1, -0.05) is 47.5 Å². The number of halogens is 2. The summed E-state index contributed by atoms with van der Waals surface area (Å²) in [4.78, 5) is 0. The molecule has 0 aliphatic rings. The summed E-state index contributed by atoms with van der Waals surface area (Å²) < 4.78 is 5.69. The first-order valence-electron chi connectivity index (χ1n) is 6.49. The summed E-state index contributed by atoms with van der Waals surface area (Å²) in [6.45, 7) is 1.50. The molecular weight excluding hydrogens is 293 g/mol. The van der Waals surface area contributed by atoms with Crippen LogP contribution in [0.5, 0.6) is 5.75 Å². The lowest BCUT2D eigenvalue weighted by molar-refractivity contribution is 0.306. The zero-order valence-electron chi connectivity index (χ0n) is 11.3. The molecule has 0 spiro atoms. The highest BCUT2D eigenvalue weighted by Crippen LogP contribution is 2.26. The largest absolute Gasteiger partial charge is 0.489 e. The minimum atomic E-state index is 0.506. The Balaban J connectivity index is 1.91. The van der Waals surface area contributed by atoms with E-state index in [9.17, 15) is 0 Å². The molecule has 0 radical (unpaired) electrons. The predicted octanol–water partition coefficient (Wildman–Crippen LogP) is 4.33. The van der Waals surface area contributed by atoms with Gasteiger partial charge in [0.25, 0.3) is 0 Å². The maximum Gasteiger partial charge on any atom is 0.121 e. The molecule has 0 unspecified atom stereocenters. The van der Waals surface area contributed by atoms with E-state index in [1.807, 2.05) is 13.1 Å². The topological polar surface area (TPSA) is 21.3 Å². The van der Waals surface area contributed by atoms with Crippen LogP contribution in [0, 0.1) is 0 Å². The van der Waals surface area contributed by atoms with Crippen LogP contribution in [0.2, 0.25) is 10.0 Å². The van der Waals surface area contributed by atoms with Crippen LogP contribution in [0.4, 0.5) is 0 Å². The highest BCUT2D eigenvalue weighted by atomic mass is 35.5. The Labute approximate surface area is 129 Å². The maximum atomic E-state index is 5.95. The van der Waals surface area contributed by atoms with Gasteiger partial charge in [-0.3, -0.25) is 0 Å². The van der Waals surface area contributed by atoms with Gasteiger partial charge < -0.3 is 10.1 Å². The Morgan fingerprint density at radius 2 is 1.65 bits per heavy atom. The third kappa shape index (κ3) is 4.41. The van der Waals surface area contributed by atoms with Gasteiger partial charge in [-0.15, -0.1) is 0 Å². The highest BCUT2D eigenvalue weighted by molar-refractivity contribution is 6.42. The zero-order chi connectivity index (χ0) is 14.4. The molecule has 2 nitrogen and oxygen atoms in total. The molecule has 2 rings (SSSR count). The van der Waals surface area contributed by atoms with E-state index >= 15 is 0 Å². The molecule has 2 aromatic rings. The Hall–Kier alpha value is -1.22. The third-order valence-electron chi connectivity index (χ3n) is 2.98. The summed E-state index contributed by atoms with van der Waals surface area (Å²) in [5, 5.41) is 4.18. The lowest BCUT2D eigenvalue weighted by Crippen LogP contribution is -2.10. The molecule has 0 bridgehead atoms. The SMILES string of the molecule is CNCCc1ccc(COc2ccc(Cl)c(Cl)c2)cc1. The lowest BCUT2D eigenvalue weighted by atomic mass is 10.1. The Bertz CT molecular complexity index is 555. The van der Waals surface area contributed by atoms with Crippen molar-refractivity contribution in [3.05, 3.63) is 63.6 Å². The standard InChI is InChI=1S/C16H17Cl2NO/c1-19-9-8-12-2-4-13(5-3-12)11-20-14-6-7-15(17)16(18)10-14/h2-7,10,19H,8-9,11H2,1H3. The summed E-state index contributed by atoms with van der Waals surface area (Å²) in [7, 11) is 1.96. The van der Waals surface area contributed by atoms with Crippen molar-refractivity contribution in [2.75, 3.05) is 13.6 Å². The summed E-state index contributed by atoms with van der Waals surface area (Å²) in [5.41, 5.74) is 2.45. The number of ether oxygens (including phenoxy) is 1. The number of hydrogen-bond donors (Lipinski definition) is 1. The van der Waals surface area contributed by atoms with Crippen molar-refractivity contribution in [2.45, 2.75) is 13.0 Å². The fourth-order valence-electron chi connectivity index (χ4n) is 1.80. The van der Waals surface area contributed by atoms with Crippen LogP contribution in [0.1, 0.15) is 11.1 Å². The van der Waals surface area contributed by atoms with Gasteiger partial charge in [0, 0.05) is 6.07 Å². The molecule has 0 aromatic heterocycles. The van der Waals surface area contributed by atoms with Crippen LogP contribution in [0.3, 0.4) is 0 Å². The molecule has 0 amide bonds. The second-order valence-electron chi connectivity index (χ2n) is 4.53. The molecule has 20 heavy (non-hydrogen) atoms. The molecule has 0 saturated heterocycles. The van der Waals surface area contributed by atoms with Crippen LogP contribution in [0.25, 0.3) is 0 Å². The van der Waals surface area contributed by atoms with E-state index < -0.39 is 0 Å². The van der Waals surface area contributed by atoms with Crippen molar-refractivity contribution < 1.29 is 4.74 Å². The Morgan fingerprint density at radius 1 is 0.950 bits per heavy atom. The zero-order valence-corrected chi connectivity index (χ0v) is 12.8. The Kier molecular flexibility index (Phi) is 5.72. The van der Waals surface area contributed by atoms with Gasteiger partial charge in [-0.25, -0.2) is 0 Å². The van der Waals surface area contributed by atoms with Crippen LogP contribution >= 0.6 is 23.2 Å². The van der Waals surface area contributed by atoms with Gasteiger partial charge in [0.15, 0.2) is 0 Å². The van der Waals surface area contributed by atoms with Gasteiger partial charge in [0.2, 0.25) is 0 Å². The van der Waals surface area contributed by atoms with E-state index in [1.54, 1.807) is 12.1 Å². The Morgan fingerprint density at radius 3 is 2.30 bits per heavy atom. The molecule has 4 heteroatoms. The minimum absolute atomic E-state index is 0.506. The summed E-state index contributed by atoms with van der Waals surface area (Å²) in [5.74, 6) is 0.721. The van der Waals surface area contributed by atoms with Crippen molar-refractivity contribution in [2.24, 2.45) is 0 Å². The van der Waals surface area contributed by atoms with Crippen molar-refractivity contribution in [1.82, 2.24) is 5.32 Å². The van der Waals surface area contributed by atoms with Crippen LogP contribution in [-0.4, -0.2) is 13.6 Å². The molecule has 0 fully saturated rings. The van der Waals surface area contributed by atoms with Gasteiger partial charge in [0.05, 0.1) is 10.0 Å². The van der Waals surface area contributed by atoms with Crippen LogP contribution in [-0.2, 0) is 13.0 Å². The number of likely N-dealkylation sites (N-methyl/N-ethyl adjacent to an activating group) is 1. The van der Waals surface area contributed by atoms with E-state index in [0.717, 1.165) is 24.3 Å². The van der Waals surface area contributed by atoms with E-state index in [0.29, 0.717) is 16.7 Å². The minimum Gasteiger partial charge on any atom is -0.489 e. The smallest absolute Gasteiger partial charge is 0.121 e. The highest BCUT2D eigenvalue weighted by Gasteiger charge is 2.01. The van der Waals surface area contributed by atoms with E-state index in [1.165, 1.54) is 5.56 Å². The van der Waals surface area contributed by atoms with Gasteiger partial charge in [-0.2, -0.15) is 0 Å². The fraction of sp³-hybridized carbons (Fsp3) is 0.250. The van der Waals surface area contributed by atoms with Crippen molar-refractivity contribution in [3.8, 4) is 5.75 Å². The summed E-state index contributed by atoms with van der Waals surface area (Å²) >= 11 is 11.8. The van der Waals surface area contributed by atoms with Crippen molar-refractivity contribution in [1.29, 1.82) is 0 Å². The lowest BCUT2D eigenvalue weighted by Gasteiger charge is -2.08. The van der Waals surface area contributed by atoms with Gasteiger partial charge in [-0.05, 0) is 43.3 Å². The first-order chi connectivity index (χ1) is 9.69. The molecule has 0 aliphatic heterocycles. The average Bonchev–Trinajstić information content (AvgIpc) is 2.47. The van der Waals surface area contributed by atoms with Gasteiger partial charge >= 0.3 is 0 Å². The number of hydrogen-bond acceptors (Lipinski definition) is 2. The molecule has 1 N–H and O–H groups in total. The van der Waals surface area contributed by atoms with E-state index in [4.69, 9.17) is 27.9 Å². The molecule has 0 heterocycles. The molecular formula is C16H17Cl2NO. The monoisotopic (exact) mass is 309 g/mol. The summed E-state index contributed by atoms with van der Waals surface area (Å²) in [6.07, 6.45) is 1.03. The van der Waals surface area contributed by atoms with Crippen molar-refractivity contribution in [3.63, 3.8) is 0 Å². The molecule has 0 saturated carbocycles. The number of rotatable bonds is 6. The molecule has 2 aromatic carbocycles. The third-order valence-corrected chi connectivity index (χ3v) is 3.72.